The third kappa shape index (κ3) is 9.08. The van der Waals surface area contributed by atoms with Crippen LogP contribution in [0.3, 0.4) is 0 Å². The molecule has 3 fully saturated rings. The number of amides is 1. The Kier molecular flexibility index (Phi) is 11.0. The van der Waals surface area contributed by atoms with Crippen molar-refractivity contribution in [3.05, 3.63) is 69.7 Å². The van der Waals surface area contributed by atoms with Crippen LogP contribution in [0.2, 0.25) is 10.0 Å². The fourth-order valence-electron chi connectivity index (χ4n) is 6.19. The summed E-state index contributed by atoms with van der Waals surface area (Å²) in [5.41, 5.74) is 2.45. The van der Waals surface area contributed by atoms with Gasteiger partial charge in [0.1, 0.15) is 0 Å². The lowest BCUT2D eigenvalue weighted by atomic mass is 10.0. The van der Waals surface area contributed by atoms with Crippen LogP contribution >= 0.6 is 23.2 Å². The molecule has 3 atom stereocenters. The summed E-state index contributed by atoms with van der Waals surface area (Å²) in [6, 6.07) is 16.6. The number of benzene rings is 2. The van der Waals surface area contributed by atoms with Gasteiger partial charge in [0, 0.05) is 45.2 Å². The number of hydrogen-bond acceptors (Lipinski definition) is 4. The average Bonchev–Trinajstić information content (AvgIpc) is 3.66. The molecule has 3 aliphatic rings. The molecule has 0 spiro atoms. The molecule has 1 aliphatic carbocycles. The Morgan fingerprint density at radius 2 is 1.51 bits per heavy atom. The van der Waals surface area contributed by atoms with Crippen LogP contribution in [0.5, 0.6) is 0 Å². The number of fused-ring (bicyclic) bond motifs is 1. The summed E-state index contributed by atoms with van der Waals surface area (Å²) in [5.74, 6) is -0.842. The minimum Gasteiger partial charge on any atom is -0.475 e. The number of nitrogens with one attached hydrogen (secondary N) is 1. The van der Waals surface area contributed by atoms with Crippen molar-refractivity contribution in [1.82, 2.24) is 15.1 Å². The van der Waals surface area contributed by atoms with E-state index in [0.29, 0.717) is 10.0 Å². The van der Waals surface area contributed by atoms with Gasteiger partial charge in [0.2, 0.25) is 5.91 Å². The molecule has 0 bridgehead atoms. The molecule has 41 heavy (non-hydrogen) atoms. The first kappa shape index (κ1) is 31.6. The fraction of sp³-hybridized carbons (Fsp3) is 0.533. The number of halogens is 5. The monoisotopic (exact) mass is 613 g/mol. The predicted molar refractivity (Wildman–Crippen MR) is 153 cm³/mol. The smallest absolute Gasteiger partial charge is 0.475 e. The highest BCUT2D eigenvalue weighted by atomic mass is 35.5. The van der Waals surface area contributed by atoms with Crippen molar-refractivity contribution in [2.75, 3.05) is 32.7 Å². The van der Waals surface area contributed by atoms with E-state index in [9.17, 15) is 18.0 Å². The number of carboxylic acid groups (broad SMARTS) is 1. The van der Waals surface area contributed by atoms with Crippen molar-refractivity contribution in [2.24, 2.45) is 17.8 Å². The first-order chi connectivity index (χ1) is 19.5. The van der Waals surface area contributed by atoms with Gasteiger partial charge in [-0.25, -0.2) is 4.79 Å². The Balaban J connectivity index is 0.000000493. The zero-order valence-corrected chi connectivity index (χ0v) is 24.3. The quantitative estimate of drug-likeness (QED) is 0.359. The van der Waals surface area contributed by atoms with Crippen LogP contribution in [0.1, 0.15) is 49.3 Å². The molecular weight excluding hydrogens is 578 g/mol. The van der Waals surface area contributed by atoms with Crippen LogP contribution in [0, 0.1) is 17.8 Å². The summed E-state index contributed by atoms with van der Waals surface area (Å²) in [6.07, 6.45) is 0.345. The lowest BCUT2D eigenvalue weighted by Gasteiger charge is -2.25. The Bertz CT molecular complexity index is 1160. The van der Waals surface area contributed by atoms with Gasteiger partial charge in [-0.3, -0.25) is 9.69 Å². The normalized spacial score (nSPS) is 22.2. The fourth-order valence-corrected chi connectivity index (χ4v) is 6.51. The second kappa shape index (κ2) is 14.2. The van der Waals surface area contributed by atoms with Crippen LogP contribution in [0.4, 0.5) is 13.2 Å². The number of likely N-dealkylation sites (tertiary alicyclic amines) is 2. The summed E-state index contributed by atoms with van der Waals surface area (Å²) in [7, 11) is 0. The average molecular weight is 615 g/mol. The van der Waals surface area contributed by atoms with Crippen molar-refractivity contribution < 1.29 is 27.9 Å². The van der Waals surface area contributed by atoms with Gasteiger partial charge in [0.15, 0.2) is 0 Å². The van der Waals surface area contributed by atoms with Crippen molar-refractivity contribution in [2.45, 2.75) is 50.9 Å². The Morgan fingerprint density at radius 3 is 2.07 bits per heavy atom. The highest BCUT2D eigenvalue weighted by Gasteiger charge is 2.40. The van der Waals surface area contributed by atoms with Crippen LogP contribution < -0.4 is 5.32 Å². The van der Waals surface area contributed by atoms with Crippen molar-refractivity contribution in [1.29, 1.82) is 0 Å². The Hall–Kier alpha value is -2.33. The summed E-state index contributed by atoms with van der Waals surface area (Å²) in [5, 5.41) is 11.8. The predicted octanol–water partition coefficient (Wildman–Crippen LogP) is 6.43. The lowest BCUT2D eigenvalue weighted by Crippen LogP contribution is -2.36. The second-order valence-electron chi connectivity index (χ2n) is 11.3. The number of aliphatic carboxylic acids is 1. The number of rotatable bonds is 8. The third-order valence-corrected chi connectivity index (χ3v) is 8.99. The van der Waals surface area contributed by atoms with E-state index in [-0.39, 0.29) is 17.9 Å². The van der Waals surface area contributed by atoms with Gasteiger partial charge in [0.25, 0.3) is 0 Å². The SMILES string of the molecule is O=C(NC(CCN1CC2CN(Cc3ccc(Cl)c(Cl)c3)C[C@@H]2C1)c1ccccc1)C1CCCC1.O=C(O)C(F)(F)F. The molecule has 11 heteroatoms. The number of carbonyl (C=O) groups excluding carboxylic acids is 1. The maximum atomic E-state index is 12.9. The number of nitrogens with zero attached hydrogens (tertiary/aromatic N) is 2. The van der Waals surface area contributed by atoms with E-state index >= 15 is 0 Å². The van der Waals surface area contributed by atoms with Crippen molar-refractivity contribution in [3.63, 3.8) is 0 Å². The summed E-state index contributed by atoms with van der Waals surface area (Å²) >= 11 is 12.3. The molecule has 5 rings (SSSR count). The molecule has 1 amide bonds. The van der Waals surface area contributed by atoms with Gasteiger partial charge >= 0.3 is 12.1 Å². The molecule has 6 nitrogen and oxygen atoms in total. The van der Waals surface area contributed by atoms with Gasteiger partial charge in [-0.15, -0.1) is 0 Å². The first-order valence-corrected chi connectivity index (χ1v) is 14.8. The maximum Gasteiger partial charge on any atom is 0.490 e. The molecule has 2 unspecified atom stereocenters. The Labute approximate surface area is 248 Å². The van der Waals surface area contributed by atoms with Crippen molar-refractivity contribution in [3.8, 4) is 0 Å². The molecule has 1 saturated carbocycles. The van der Waals surface area contributed by atoms with Crippen molar-refractivity contribution >= 4 is 35.1 Å². The van der Waals surface area contributed by atoms with E-state index in [2.05, 4.69) is 45.4 Å². The van der Waals surface area contributed by atoms with Gasteiger partial charge in [-0.1, -0.05) is 72.4 Å². The van der Waals surface area contributed by atoms with Gasteiger partial charge in [-0.05, 0) is 54.4 Å². The summed E-state index contributed by atoms with van der Waals surface area (Å²) < 4.78 is 31.7. The minimum atomic E-state index is -5.08. The molecule has 2 aromatic rings. The van der Waals surface area contributed by atoms with E-state index in [4.69, 9.17) is 33.1 Å². The molecule has 0 aromatic heterocycles. The zero-order valence-electron chi connectivity index (χ0n) is 22.8. The number of carboxylic acids is 1. The van der Waals surface area contributed by atoms with E-state index in [1.54, 1.807) is 0 Å². The standard InChI is InChI=1S/C28H35Cl2N3O.C2HF3O2/c29-25-11-10-20(14-26(25)30)15-33-18-23-16-32(17-24(23)19-33)13-12-27(21-6-2-1-3-7-21)31-28(34)22-8-4-5-9-22;3-2(4,5)1(6)7/h1-3,6-7,10-11,14,22-24,27H,4-5,8-9,12-13,15-19H2,(H,31,34);(H,6,7)/t23-,24?,27?;/m0./s1. The molecule has 2 aliphatic heterocycles. The molecule has 224 valence electrons. The van der Waals surface area contributed by atoms with Gasteiger partial charge < -0.3 is 15.3 Å². The number of alkyl halides is 3. The van der Waals surface area contributed by atoms with Crippen LogP contribution in [0.15, 0.2) is 48.5 Å². The van der Waals surface area contributed by atoms with E-state index in [1.807, 2.05) is 18.2 Å². The molecule has 2 aromatic carbocycles. The van der Waals surface area contributed by atoms with Gasteiger partial charge in [0.05, 0.1) is 16.1 Å². The Morgan fingerprint density at radius 1 is 0.927 bits per heavy atom. The van der Waals surface area contributed by atoms with E-state index in [0.717, 1.165) is 70.4 Å². The number of carbonyl (C=O) groups is 2. The van der Waals surface area contributed by atoms with E-state index in [1.165, 1.54) is 24.0 Å². The van der Waals surface area contributed by atoms with E-state index < -0.39 is 12.1 Å². The van der Waals surface area contributed by atoms with Crippen LogP contribution in [-0.2, 0) is 16.1 Å². The molecule has 2 heterocycles. The highest BCUT2D eigenvalue weighted by Crippen LogP contribution is 2.33. The summed E-state index contributed by atoms with van der Waals surface area (Å²) in [4.78, 5) is 26.9. The molecule has 2 N–H and O–H groups in total. The first-order valence-electron chi connectivity index (χ1n) is 14.0. The van der Waals surface area contributed by atoms with Gasteiger partial charge in [-0.2, -0.15) is 13.2 Å². The molecular formula is C30H36Cl2F3N3O3. The zero-order chi connectivity index (χ0) is 29.6. The summed E-state index contributed by atoms with van der Waals surface area (Å²) in [6.45, 7) is 6.56. The maximum absolute atomic E-state index is 12.9. The molecule has 2 saturated heterocycles. The largest absolute Gasteiger partial charge is 0.490 e. The van der Waals surface area contributed by atoms with Crippen LogP contribution in [-0.4, -0.2) is 65.7 Å². The lowest BCUT2D eigenvalue weighted by molar-refractivity contribution is -0.192. The molecule has 0 radical (unpaired) electrons. The minimum absolute atomic E-state index is 0.0980. The topological polar surface area (TPSA) is 72.9 Å². The number of hydrogen-bond donors (Lipinski definition) is 2. The second-order valence-corrected chi connectivity index (χ2v) is 12.1. The third-order valence-electron chi connectivity index (χ3n) is 8.25. The highest BCUT2D eigenvalue weighted by molar-refractivity contribution is 6.42. The van der Waals surface area contributed by atoms with Crippen LogP contribution in [0.25, 0.3) is 0 Å².